The van der Waals surface area contributed by atoms with Crippen molar-refractivity contribution in [2.24, 2.45) is 0 Å². The van der Waals surface area contributed by atoms with Crippen molar-refractivity contribution in [3.63, 3.8) is 0 Å². The van der Waals surface area contributed by atoms with Gasteiger partial charge in [0, 0.05) is 4.90 Å². The average Bonchev–Trinajstić information content (AvgIpc) is 2.68. The largest absolute Gasteiger partial charge is 0.269 e. The number of rotatable bonds is 3. The third-order valence-electron chi connectivity index (χ3n) is 3.92. The van der Waals surface area contributed by atoms with Crippen molar-refractivity contribution in [1.82, 2.24) is 4.31 Å². The maximum atomic E-state index is 12.8. The van der Waals surface area contributed by atoms with Crippen molar-refractivity contribution >= 4 is 28.6 Å². The summed E-state index contributed by atoms with van der Waals surface area (Å²) in [5.41, 5.74) is 1.78. The molecule has 6 heteroatoms. The van der Waals surface area contributed by atoms with Crippen LogP contribution in [-0.2, 0) is 16.6 Å². The third kappa shape index (κ3) is 2.66. The van der Waals surface area contributed by atoms with E-state index in [-0.39, 0.29) is 22.9 Å². The lowest BCUT2D eigenvalue weighted by Crippen LogP contribution is -2.29. The summed E-state index contributed by atoms with van der Waals surface area (Å²) in [4.78, 5) is 13.4. The molecule has 1 amide bonds. The summed E-state index contributed by atoms with van der Waals surface area (Å²) in [6, 6.07) is 12.3. The van der Waals surface area contributed by atoms with E-state index in [9.17, 15) is 13.2 Å². The van der Waals surface area contributed by atoms with Crippen molar-refractivity contribution < 1.29 is 13.2 Å². The van der Waals surface area contributed by atoms with Crippen LogP contribution < -0.4 is 0 Å². The van der Waals surface area contributed by atoms with E-state index >= 15 is 0 Å². The fraction of sp³-hybridized carbons (Fsp3) is 0.235. The van der Waals surface area contributed by atoms with Gasteiger partial charge in [0.1, 0.15) is 4.90 Å². The van der Waals surface area contributed by atoms with E-state index in [1.165, 1.54) is 6.07 Å². The summed E-state index contributed by atoms with van der Waals surface area (Å²) in [7, 11) is -3.84. The van der Waals surface area contributed by atoms with Crippen LogP contribution in [0, 0.1) is 0 Å². The van der Waals surface area contributed by atoms with Gasteiger partial charge in [-0.15, -0.1) is 12.6 Å². The topological polar surface area (TPSA) is 54.5 Å². The number of benzene rings is 2. The van der Waals surface area contributed by atoms with Crippen LogP contribution in [0.5, 0.6) is 0 Å². The fourth-order valence-electron chi connectivity index (χ4n) is 2.77. The molecule has 2 aromatic carbocycles. The molecule has 0 bridgehead atoms. The minimum atomic E-state index is -3.84. The van der Waals surface area contributed by atoms with E-state index in [0.29, 0.717) is 4.90 Å². The molecule has 0 unspecified atom stereocenters. The zero-order chi connectivity index (χ0) is 16.8. The summed E-state index contributed by atoms with van der Waals surface area (Å²) in [5.74, 6) is -0.424. The Morgan fingerprint density at radius 1 is 1.13 bits per heavy atom. The van der Waals surface area contributed by atoms with E-state index < -0.39 is 15.9 Å². The zero-order valence-corrected chi connectivity index (χ0v) is 14.6. The number of carbonyl (C=O) groups excluding carboxylic acids is 1. The quantitative estimate of drug-likeness (QED) is 0.865. The molecule has 0 aliphatic carbocycles. The molecule has 0 saturated heterocycles. The number of hydrogen-bond donors (Lipinski definition) is 1. The van der Waals surface area contributed by atoms with Crippen LogP contribution in [0.2, 0.25) is 0 Å². The number of hydrogen-bond acceptors (Lipinski definition) is 4. The molecule has 120 valence electrons. The second kappa shape index (κ2) is 5.69. The van der Waals surface area contributed by atoms with E-state index in [1.807, 2.05) is 32.0 Å². The molecule has 0 aromatic heterocycles. The number of nitrogens with zero attached hydrogens (tertiary/aromatic N) is 1. The van der Waals surface area contributed by atoms with Gasteiger partial charge in [0.15, 0.2) is 0 Å². The maximum Gasteiger partial charge on any atom is 0.269 e. The molecule has 2 aromatic rings. The zero-order valence-electron chi connectivity index (χ0n) is 12.9. The van der Waals surface area contributed by atoms with Crippen molar-refractivity contribution in [2.75, 3.05) is 0 Å². The lowest BCUT2D eigenvalue weighted by molar-refractivity contribution is 0.0863. The molecule has 4 nitrogen and oxygen atoms in total. The smallest absolute Gasteiger partial charge is 0.268 e. The van der Waals surface area contributed by atoms with Crippen LogP contribution in [-0.4, -0.2) is 18.6 Å². The third-order valence-corrected chi connectivity index (χ3v) is 5.93. The first kappa shape index (κ1) is 16.1. The highest BCUT2D eigenvalue weighted by atomic mass is 32.2. The lowest BCUT2D eigenvalue weighted by atomic mass is 9.96. The Labute approximate surface area is 141 Å². The van der Waals surface area contributed by atoms with E-state index in [4.69, 9.17) is 0 Å². The molecule has 0 radical (unpaired) electrons. The highest BCUT2D eigenvalue weighted by Gasteiger charge is 2.43. The van der Waals surface area contributed by atoms with Crippen molar-refractivity contribution in [1.29, 1.82) is 0 Å². The highest BCUT2D eigenvalue weighted by molar-refractivity contribution is 7.90. The van der Waals surface area contributed by atoms with Gasteiger partial charge in [-0.3, -0.25) is 4.79 Å². The van der Waals surface area contributed by atoms with Gasteiger partial charge < -0.3 is 0 Å². The van der Waals surface area contributed by atoms with Gasteiger partial charge in [-0.25, -0.2) is 12.7 Å². The van der Waals surface area contributed by atoms with Crippen LogP contribution in [0.3, 0.4) is 0 Å². The van der Waals surface area contributed by atoms with Gasteiger partial charge in [-0.05, 0) is 29.2 Å². The molecule has 1 aliphatic rings. The van der Waals surface area contributed by atoms with Crippen molar-refractivity contribution in [3.05, 3.63) is 59.2 Å². The van der Waals surface area contributed by atoms with Gasteiger partial charge >= 0.3 is 0 Å². The molecular formula is C17H17NO3S2. The molecule has 23 heavy (non-hydrogen) atoms. The van der Waals surface area contributed by atoms with E-state index in [2.05, 4.69) is 12.6 Å². The number of carbonyl (C=O) groups is 1. The Hall–Kier alpha value is -1.79. The van der Waals surface area contributed by atoms with E-state index in [0.717, 1.165) is 15.4 Å². The Morgan fingerprint density at radius 3 is 2.39 bits per heavy atom. The standard InChI is InChI=1S/C17H17NO3S2/c1-11(2)14-8-13(22)9-15-16(14)17(19)18(23(15,20)21)10-12-6-4-3-5-7-12/h3-9,11,22H,10H2,1-2H3. The summed E-state index contributed by atoms with van der Waals surface area (Å²) in [6.07, 6.45) is 0. The van der Waals surface area contributed by atoms with Crippen LogP contribution in [0.15, 0.2) is 52.3 Å². The normalized spacial score (nSPS) is 16.0. The molecule has 0 fully saturated rings. The fourth-order valence-corrected chi connectivity index (χ4v) is 4.73. The van der Waals surface area contributed by atoms with Crippen LogP contribution >= 0.6 is 12.6 Å². The van der Waals surface area contributed by atoms with Crippen molar-refractivity contribution in [2.45, 2.75) is 36.1 Å². The first-order valence-corrected chi connectivity index (χ1v) is 9.19. The molecule has 1 heterocycles. The molecular weight excluding hydrogens is 330 g/mol. The highest BCUT2D eigenvalue weighted by Crippen LogP contribution is 2.38. The minimum absolute atomic E-state index is 0.0340. The first-order chi connectivity index (χ1) is 10.8. The molecule has 0 N–H and O–H groups in total. The van der Waals surface area contributed by atoms with Crippen LogP contribution in [0.25, 0.3) is 0 Å². The lowest BCUT2D eigenvalue weighted by Gasteiger charge is -2.15. The second-order valence-electron chi connectivity index (χ2n) is 5.87. The van der Waals surface area contributed by atoms with Gasteiger partial charge in [0.05, 0.1) is 12.1 Å². The van der Waals surface area contributed by atoms with Gasteiger partial charge in [0.25, 0.3) is 15.9 Å². The van der Waals surface area contributed by atoms with Crippen LogP contribution in [0.4, 0.5) is 0 Å². The predicted octanol–water partition coefficient (Wildman–Crippen LogP) is 3.44. The van der Waals surface area contributed by atoms with Gasteiger partial charge in [-0.1, -0.05) is 44.2 Å². The number of fused-ring (bicyclic) bond motifs is 1. The molecule has 3 rings (SSSR count). The molecule has 0 saturated carbocycles. The summed E-state index contributed by atoms with van der Waals surface area (Å²) in [6.45, 7) is 3.90. The number of sulfonamides is 1. The molecule has 0 spiro atoms. The minimum Gasteiger partial charge on any atom is -0.268 e. The Morgan fingerprint density at radius 2 is 1.78 bits per heavy atom. The van der Waals surface area contributed by atoms with Gasteiger partial charge in [-0.2, -0.15) is 0 Å². The SMILES string of the molecule is CC(C)c1cc(S)cc2c1C(=O)N(Cc1ccccc1)S2(=O)=O. The maximum absolute atomic E-state index is 12.8. The van der Waals surface area contributed by atoms with Crippen LogP contribution in [0.1, 0.15) is 41.3 Å². The Kier molecular flexibility index (Phi) is 3.98. The summed E-state index contributed by atoms with van der Waals surface area (Å²) in [5, 5.41) is 0. The van der Waals surface area contributed by atoms with Crippen molar-refractivity contribution in [3.8, 4) is 0 Å². The summed E-state index contributed by atoms with van der Waals surface area (Å²) < 4.78 is 26.5. The average molecular weight is 347 g/mol. The second-order valence-corrected chi connectivity index (χ2v) is 8.21. The molecule has 0 atom stereocenters. The molecule has 1 aliphatic heterocycles. The Bertz CT molecular complexity index is 874. The monoisotopic (exact) mass is 347 g/mol. The first-order valence-electron chi connectivity index (χ1n) is 7.30. The van der Waals surface area contributed by atoms with E-state index in [1.54, 1.807) is 18.2 Å². The predicted molar refractivity (Wildman–Crippen MR) is 91.3 cm³/mol. The number of thiol groups is 1. The van der Waals surface area contributed by atoms with Gasteiger partial charge in [0.2, 0.25) is 0 Å². The Balaban J connectivity index is 2.14. The summed E-state index contributed by atoms with van der Waals surface area (Å²) >= 11 is 4.29. The number of amides is 1.